The molecule has 1 heterocycles. The van der Waals surface area contributed by atoms with E-state index in [0.29, 0.717) is 17.0 Å². The second kappa shape index (κ2) is 6.61. The number of aliphatic carboxylic acids is 1. The Morgan fingerprint density at radius 1 is 1.29 bits per heavy atom. The lowest BCUT2D eigenvalue weighted by molar-refractivity contribution is -0.222. The normalized spacial score (nSPS) is 16.0. The smallest absolute Gasteiger partial charge is 0.350 e. The molecule has 0 aliphatic carbocycles. The standard InChI is InChI=1S/C16H17NO7/c1-16(2)23-14(20)11(15(21)24-16)8-17-10-5-4-9(6-13(18)19)12(7-10)22-3/h4-5,7-8,17H,6H2,1-3H3,(H,18,19). The molecule has 0 bridgehead atoms. The Morgan fingerprint density at radius 3 is 2.46 bits per heavy atom. The van der Waals surface area contributed by atoms with Gasteiger partial charge in [-0.25, -0.2) is 9.59 Å². The Hall–Kier alpha value is -3.03. The van der Waals surface area contributed by atoms with Crippen LogP contribution in [0.3, 0.4) is 0 Å². The number of ether oxygens (including phenoxy) is 3. The minimum Gasteiger partial charge on any atom is -0.496 e. The number of hydrogen-bond acceptors (Lipinski definition) is 7. The number of esters is 2. The maximum Gasteiger partial charge on any atom is 0.350 e. The Morgan fingerprint density at radius 2 is 1.92 bits per heavy atom. The zero-order valence-electron chi connectivity index (χ0n) is 13.4. The van der Waals surface area contributed by atoms with Gasteiger partial charge in [-0.1, -0.05) is 6.07 Å². The molecule has 8 nitrogen and oxygen atoms in total. The molecule has 0 spiro atoms. The number of carbonyl (C=O) groups is 3. The summed E-state index contributed by atoms with van der Waals surface area (Å²) in [7, 11) is 1.42. The van der Waals surface area contributed by atoms with E-state index in [0.717, 1.165) is 0 Å². The summed E-state index contributed by atoms with van der Waals surface area (Å²) in [5.41, 5.74) is 0.725. The highest BCUT2D eigenvalue weighted by molar-refractivity contribution is 6.15. The molecular formula is C16H17NO7. The molecule has 0 atom stereocenters. The van der Waals surface area contributed by atoms with Crippen molar-refractivity contribution in [2.24, 2.45) is 0 Å². The van der Waals surface area contributed by atoms with E-state index in [1.807, 2.05) is 0 Å². The van der Waals surface area contributed by atoms with Gasteiger partial charge in [-0.2, -0.15) is 0 Å². The van der Waals surface area contributed by atoms with E-state index in [4.69, 9.17) is 19.3 Å². The number of carboxylic acid groups (broad SMARTS) is 1. The Balaban J connectivity index is 2.18. The van der Waals surface area contributed by atoms with Crippen LogP contribution in [0.25, 0.3) is 0 Å². The van der Waals surface area contributed by atoms with Crippen LogP contribution in [0.2, 0.25) is 0 Å². The monoisotopic (exact) mass is 335 g/mol. The molecule has 2 N–H and O–H groups in total. The molecule has 1 aromatic rings. The third-order valence-corrected chi connectivity index (χ3v) is 3.13. The van der Waals surface area contributed by atoms with E-state index >= 15 is 0 Å². The SMILES string of the molecule is COc1cc(NC=C2C(=O)OC(C)(C)OC2=O)ccc1CC(=O)O. The molecule has 1 aliphatic heterocycles. The highest BCUT2D eigenvalue weighted by Gasteiger charge is 2.38. The number of anilines is 1. The average molecular weight is 335 g/mol. The van der Waals surface area contributed by atoms with E-state index in [1.54, 1.807) is 18.2 Å². The zero-order chi connectivity index (χ0) is 17.9. The van der Waals surface area contributed by atoms with Crippen LogP contribution >= 0.6 is 0 Å². The molecule has 8 heteroatoms. The van der Waals surface area contributed by atoms with Crippen molar-refractivity contribution in [3.8, 4) is 5.75 Å². The van der Waals surface area contributed by atoms with Crippen LogP contribution in [0.15, 0.2) is 30.0 Å². The number of carboxylic acids is 1. The molecule has 1 saturated heterocycles. The van der Waals surface area contributed by atoms with Gasteiger partial charge in [0.2, 0.25) is 0 Å². The van der Waals surface area contributed by atoms with E-state index in [1.165, 1.54) is 27.2 Å². The van der Waals surface area contributed by atoms with Gasteiger partial charge < -0.3 is 24.6 Å². The predicted octanol–water partition coefficient (Wildman–Crippen LogP) is 1.45. The van der Waals surface area contributed by atoms with E-state index in [9.17, 15) is 14.4 Å². The quantitative estimate of drug-likeness (QED) is 0.472. The number of cyclic esters (lactones) is 2. The molecular weight excluding hydrogens is 318 g/mol. The number of methoxy groups -OCH3 is 1. The van der Waals surface area contributed by atoms with Crippen molar-refractivity contribution in [3.05, 3.63) is 35.5 Å². The lowest BCUT2D eigenvalue weighted by Gasteiger charge is -2.29. The van der Waals surface area contributed by atoms with Crippen molar-refractivity contribution in [1.29, 1.82) is 0 Å². The number of nitrogens with one attached hydrogen (secondary N) is 1. The van der Waals surface area contributed by atoms with Gasteiger partial charge >= 0.3 is 17.9 Å². The summed E-state index contributed by atoms with van der Waals surface area (Å²) in [6.45, 7) is 2.91. The molecule has 2 rings (SSSR count). The molecule has 1 fully saturated rings. The fourth-order valence-electron chi connectivity index (χ4n) is 2.08. The Labute approximate surface area is 138 Å². The molecule has 0 amide bonds. The Bertz CT molecular complexity index is 699. The fraction of sp³-hybridized carbons (Fsp3) is 0.312. The number of benzene rings is 1. The van der Waals surface area contributed by atoms with Crippen molar-refractivity contribution in [3.63, 3.8) is 0 Å². The van der Waals surface area contributed by atoms with Crippen molar-refractivity contribution in [2.75, 3.05) is 12.4 Å². The van der Waals surface area contributed by atoms with Crippen LogP contribution in [0.5, 0.6) is 5.75 Å². The fourth-order valence-corrected chi connectivity index (χ4v) is 2.08. The first-order chi connectivity index (χ1) is 11.2. The van der Waals surface area contributed by atoms with Gasteiger partial charge in [0.25, 0.3) is 5.79 Å². The summed E-state index contributed by atoms with van der Waals surface area (Å²) in [5, 5.41) is 11.6. The summed E-state index contributed by atoms with van der Waals surface area (Å²) in [4.78, 5) is 34.4. The molecule has 24 heavy (non-hydrogen) atoms. The van der Waals surface area contributed by atoms with Crippen LogP contribution in [-0.4, -0.2) is 35.9 Å². The highest BCUT2D eigenvalue weighted by atomic mass is 16.7. The van der Waals surface area contributed by atoms with E-state index in [-0.39, 0.29) is 12.0 Å². The van der Waals surface area contributed by atoms with Gasteiger partial charge in [-0.15, -0.1) is 0 Å². The van der Waals surface area contributed by atoms with Gasteiger partial charge in [0, 0.05) is 37.4 Å². The lowest BCUT2D eigenvalue weighted by atomic mass is 10.1. The third kappa shape index (κ3) is 4.03. The first-order valence-corrected chi connectivity index (χ1v) is 7.04. The molecule has 128 valence electrons. The largest absolute Gasteiger partial charge is 0.496 e. The highest BCUT2D eigenvalue weighted by Crippen LogP contribution is 2.25. The predicted molar refractivity (Wildman–Crippen MR) is 82.3 cm³/mol. The molecule has 0 aromatic heterocycles. The molecule has 1 aliphatic rings. The first-order valence-electron chi connectivity index (χ1n) is 7.04. The molecule has 0 saturated carbocycles. The van der Waals surface area contributed by atoms with Crippen LogP contribution < -0.4 is 10.1 Å². The maximum absolute atomic E-state index is 11.8. The zero-order valence-corrected chi connectivity index (χ0v) is 13.4. The average Bonchev–Trinajstić information content (AvgIpc) is 2.45. The van der Waals surface area contributed by atoms with Crippen molar-refractivity contribution in [2.45, 2.75) is 26.1 Å². The minimum atomic E-state index is -1.30. The summed E-state index contributed by atoms with van der Waals surface area (Å²) >= 11 is 0. The lowest BCUT2D eigenvalue weighted by Crippen LogP contribution is -2.42. The number of rotatable bonds is 5. The van der Waals surface area contributed by atoms with Gasteiger partial charge in [0.15, 0.2) is 5.57 Å². The van der Waals surface area contributed by atoms with Crippen LogP contribution in [0, 0.1) is 0 Å². The summed E-state index contributed by atoms with van der Waals surface area (Å²) in [6, 6.07) is 4.73. The third-order valence-electron chi connectivity index (χ3n) is 3.13. The van der Waals surface area contributed by atoms with Gasteiger partial charge in [-0.3, -0.25) is 4.79 Å². The van der Waals surface area contributed by atoms with Crippen LogP contribution in [0.1, 0.15) is 19.4 Å². The van der Waals surface area contributed by atoms with Crippen molar-refractivity contribution < 1.29 is 33.7 Å². The van der Waals surface area contributed by atoms with E-state index < -0.39 is 23.7 Å². The second-order valence-electron chi connectivity index (χ2n) is 5.48. The molecule has 1 aromatic carbocycles. The second-order valence-corrected chi connectivity index (χ2v) is 5.48. The van der Waals surface area contributed by atoms with Gasteiger partial charge in [0.1, 0.15) is 5.75 Å². The van der Waals surface area contributed by atoms with Crippen molar-refractivity contribution in [1.82, 2.24) is 0 Å². The topological polar surface area (TPSA) is 111 Å². The number of carbonyl (C=O) groups excluding carboxylic acids is 2. The van der Waals surface area contributed by atoms with Crippen LogP contribution in [-0.2, 0) is 30.3 Å². The first kappa shape index (κ1) is 17.3. The van der Waals surface area contributed by atoms with Gasteiger partial charge in [-0.05, 0) is 6.07 Å². The molecule has 0 unspecified atom stereocenters. The Kier molecular flexibility index (Phi) is 4.77. The summed E-state index contributed by atoms with van der Waals surface area (Å²) in [5.74, 6) is -3.49. The van der Waals surface area contributed by atoms with Crippen LogP contribution in [0.4, 0.5) is 5.69 Å². The van der Waals surface area contributed by atoms with Crippen molar-refractivity contribution >= 4 is 23.6 Å². The summed E-state index contributed by atoms with van der Waals surface area (Å²) < 4.78 is 15.1. The van der Waals surface area contributed by atoms with Gasteiger partial charge in [0.05, 0.1) is 13.5 Å². The summed E-state index contributed by atoms with van der Waals surface area (Å²) in [6.07, 6.45) is 0.990. The van der Waals surface area contributed by atoms with E-state index in [2.05, 4.69) is 5.32 Å². The minimum absolute atomic E-state index is 0.182. The molecule has 0 radical (unpaired) electrons. The maximum atomic E-state index is 11.8. The number of hydrogen-bond donors (Lipinski definition) is 2.